The van der Waals surface area contributed by atoms with E-state index in [4.69, 9.17) is 17.2 Å². The number of primary amides is 3. The van der Waals surface area contributed by atoms with Crippen molar-refractivity contribution in [1.29, 1.82) is 0 Å². The van der Waals surface area contributed by atoms with Gasteiger partial charge in [-0.2, -0.15) is 12.6 Å². The summed E-state index contributed by atoms with van der Waals surface area (Å²) in [7, 11) is 0. The molecule has 1 aromatic rings. The average Bonchev–Trinajstić information content (AvgIpc) is 3.72. The Morgan fingerprint density at radius 1 is 1.00 bits per heavy atom. The number of aromatic nitrogens is 2. The molecule has 0 radical (unpaired) electrons. The maximum Gasteiger partial charge on any atom is 0.279 e. The van der Waals surface area contributed by atoms with Gasteiger partial charge in [0.2, 0.25) is 41.4 Å². The predicted molar refractivity (Wildman–Crippen MR) is 168 cm³/mol. The second-order valence-corrected chi connectivity index (χ2v) is 11.7. The van der Waals surface area contributed by atoms with E-state index in [2.05, 4.69) is 49.6 Å². The summed E-state index contributed by atoms with van der Waals surface area (Å²) in [6.07, 6.45) is 0.638. The standard InChI is InChI=1S/C27H43N11O9S/c1-12(39)21(22(31)42)37-25(45)16(8-20(30)41)35-24(44)15(4-5-19(29)40)34-26(46)18-3-2-6-38(18)27(47)17(7-13-9-32-11-33-13)36-23(43)14(28)10-48/h9,11-12,14-18,21,39,48H,2-8,10,28H2,1H3,(H2,29,40)(H2,30,41)(H2,31,42)(H,32,33)(H,34,46)(H,35,44)(H,36,43)(H,37,45)/p+1/t12-,14+,15+,16+,17+,18+,21+/m1/s1. The maximum absolute atomic E-state index is 13.8. The number of thiol groups is 1. The monoisotopic (exact) mass is 698 g/mol. The van der Waals surface area contributed by atoms with Gasteiger partial charge in [-0.3, -0.25) is 38.4 Å². The lowest BCUT2D eigenvalue weighted by Crippen LogP contribution is -2.70. The molecule has 0 saturated carbocycles. The number of aliphatic hydroxyl groups is 1. The minimum atomic E-state index is -1.67. The Balaban J connectivity index is 2.28. The molecular weight excluding hydrogens is 654 g/mol. The first kappa shape index (κ1) is 39.4. The SMILES string of the molecule is C[C@@H](O)[C@H](NC(=O)[C@H](CC(N)=O)NC(=O)[C@H](CCC(N)=O)NC(=O)[C@@H]1CCCN1C(=O)[C@H](Cc1cnc[nH]1)NC(=O)[C@@H]([NH3+])CS)C(N)=O. The first-order valence-electron chi connectivity index (χ1n) is 15.0. The minimum Gasteiger partial charge on any atom is -0.391 e. The zero-order valence-electron chi connectivity index (χ0n) is 26.3. The molecule has 1 aromatic heterocycles. The lowest BCUT2D eigenvalue weighted by Gasteiger charge is -2.30. The second-order valence-electron chi connectivity index (χ2n) is 11.3. The fraction of sp³-hybridized carbons (Fsp3) is 0.593. The van der Waals surface area contributed by atoms with Gasteiger partial charge in [0.1, 0.15) is 30.2 Å². The minimum absolute atomic E-state index is 0.0212. The Hall–Kier alpha value is -4.76. The fourth-order valence-electron chi connectivity index (χ4n) is 4.88. The molecule has 15 N–H and O–H groups in total. The normalized spacial score (nSPS) is 17.9. The van der Waals surface area contributed by atoms with Gasteiger partial charge in [-0.25, -0.2) is 4.98 Å². The van der Waals surface area contributed by atoms with E-state index in [1.807, 2.05) is 0 Å². The summed E-state index contributed by atoms with van der Waals surface area (Å²) < 4.78 is 0. The van der Waals surface area contributed by atoms with Gasteiger partial charge in [-0.05, 0) is 26.2 Å². The van der Waals surface area contributed by atoms with Crippen LogP contribution in [0.25, 0.3) is 0 Å². The zero-order valence-corrected chi connectivity index (χ0v) is 27.2. The van der Waals surface area contributed by atoms with Crippen molar-refractivity contribution >= 4 is 59.9 Å². The Morgan fingerprint density at radius 2 is 1.65 bits per heavy atom. The molecule has 8 amide bonds. The number of quaternary nitrogens is 1. The third-order valence-corrected chi connectivity index (χ3v) is 7.90. The molecule has 1 fully saturated rings. The molecule has 0 unspecified atom stereocenters. The number of imidazole rings is 1. The van der Waals surface area contributed by atoms with Gasteiger partial charge in [-0.15, -0.1) is 0 Å². The number of nitrogens with two attached hydrogens (primary N) is 3. The molecule has 7 atom stereocenters. The average molecular weight is 699 g/mol. The molecule has 1 aliphatic rings. The smallest absolute Gasteiger partial charge is 0.279 e. The molecule has 1 aliphatic heterocycles. The molecular formula is C27H44N11O9S+. The zero-order chi connectivity index (χ0) is 36.1. The number of H-pyrrole nitrogens is 1. The maximum atomic E-state index is 13.8. The molecule has 0 bridgehead atoms. The van der Waals surface area contributed by atoms with E-state index >= 15 is 0 Å². The van der Waals surface area contributed by atoms with Crippen LogP contribution in [0.3, 0.4) is 0 Å². The van der Waals surface area contributed by atoms with Crippen LogP contribution in [0.5, 0.6) is 0 Å². The van der Waals surface area contributed by atoms with Crippen molar-refractivity contribution in [2.24, 2.45) is 17.2 Å². The summed E-state index contributed by atoms with van der Waals surface area (Å²) in [6.45, 7) is 1.33. The van der Waals surface area contributed by atoms with Crippen LogP contribution in [0.4, 0.5) is 0 Å². The fourth-order valence-corrected chi connectivity index (χ4v) is 5.05. The van der Waals surface area contributed by atoms with Crippen LogP contribution in [-0.4, -0.2) is 122 Å². The highest BCUT2D eigenvalue weighted by Gasteiger charge is 2.40. The Labute approximate surface area is 280 Å². The largest absolute Gasteiger partial charge is 0.391 e. The van der Waals surface area contributed by atoms with E-state index < -0.39 is 96.0 Å². The lowest BCUT2D eigenvalue weighted by molar-refractivity contribution is -0.396. The molecule has 2 rings (SSSR count). The second kappa shape index (κ2) is 18.5. The van der Waals surface area contributed by atoms with Gasteiger partial charge in [0, 0.05) is 31.3 Å². The highest BCUT2D eigenvalue weighted by atomic mass is 32.1. The van der Waals surface area contributed by atoms with Gasteiger partial charge in [0.05, 0.1) is 24.6 Å². The number of aromatic amines is 1. The van der Waals surface area contributed by atoms with Gasteiger partial charge < -0.3 is 59.2 Å². The molecule has 0 aliphatic carbocycles. The van der Waals surface area contributed by atoms with Gasteiger partial charge in [0.25, 0.3) is 5.91 Å². The number of carbonyl (C=O) groups excluding carboxylic acids is 8. The van der Waals surface area contributed by atoms with Crippen LogP contribution in [0.2, 0.25) is 0 Å². The molecule has 0 aromatic carbocycles. The quantitative estimate of drug-likeness (QED) is 0.0607. The highest BCUT2D eigenvalue weighted by Crippen LogP contribution is 2.20. The summed E-state index contributed by atoms with van der Waals surface area (Å²) >= 11 is 4.08. The molecule has 20 nitrogen and oxygen atoms in total. The third-order valence-electron chi connectivity index (χ3n) is 7.46. The van der Waals surface area contributed by atoms with Crippen molar-refractivity contribution in [3.05, 3.63) is 18.2 Å². The number of nitrogens with zero attached hydrogens (tertiary/aromatic N) is 2. The van der Waals surface area contributed by atoms with E-state index in [0.29, 0.717) is 12.1 Å². The number of hydrogen-bond acceptors (Lipinski definition) is 11. The Kier molecular flexibility index (Phi) is 15.2. The topological polar surface area (TPSA) is 343 Å². The van der Waals surface area contributed by atoms with Crippen LogP contribution in [0.1, 0.15) is 44.7 Å². The molecule has 266 valence electrons. The van der Waals surface area contributed by atoms with Crippen LogP contribution in [0, 0.1) is 0 Å². The van der Waals surface area contributed by atoms with Gasteiger partial charge in [-0.1, -0.05) is 0 Å². The van der Waals surface area contributed by atoms with Gasteiger partial charge >= 0.3 is 0 Å². The molecule has 0 spiro atoms. The Morgan fingerprint density at radius 3 is 2.19 bits per heavy atom. The van der Waals surface area contributed by atoms with Crippen molar-refractivity contribution in [3.63, 3.8) is 0 Å². The van der Waals surface area contributed by atoms with E-state index in [-0.39, 0.29) is 38.0 Å². The number of hydrogen-bond donors (Lipinski definition) is 11. The lowest BCUT2D eigenvalue weighted by atomic mass is 10.1. The van der Waals surface area contributed by atoms with E-state index in [1.54, 1.807) is 0 Å². The van der Waals surface area contributed by atoms with Crippen LogP contribution in [0.15, 0.2) is 12.5 Å². The van der Waals surface area contributed by atoms with Crippen molar-refractivity contribution in [2.45, 2.75) is 87.8 Å². The number of amides is 8. The first-order chi connectivity index (χ1) is 22.5. The third kappa shape index (κ3) is 11.8. The van der Waals surface area contributed by atoms with Crippen LogP contribution < -0.4 is 44.2 Å². The van der Waals surface area contributed by atoms with E-state index in [9.17, 15) is 43.5 Å². The summed E-state index contributed by atoms with van der Waals surface area (Å²) in [4.78, 5) is 109. The number of rotatable bonds is 19. The summed E-state index contributed by atoms with van der Waals surface area (Å²) in [5.74, 6) is -6.80. The molecule has 21 heteroatoms. The summed E-state index contributed by atoms with van der Waals surface area (Å²) in [5, 5.41) is 19.3. The van der Waals surface area contributed by atoms with Crippen molar-refractivity contribution in [2.75, 3.05) is 12.3 Å². The summed E-state index contributed by atoms with van der Waals surface area (Å²) in [6, 6.07) is -7.69. The molecule has 48 heavy (non-hydrogen) atoms. The van der Waals surface area contributed by atoms with Crippen molar-refractivity contribution in [1.82, 2.24) is 36.1 Å². The highest BCUT2D eigenvalue weighted by molar-refractivity contribution is 7.80. The number of nitrogens with one attached hydrogen (secondary N) is 5. The van der Waals surface area contributed by atoms with Crippen molar-refractivity contribution in [3.8, 4) is 0 Å². The van der Waals surface area contributed by atoms with Gasteiger partial charge in [0.15, 0.2) is 6.04 Å². The first-order valence-corrected chi connectivity index (χ1v) is 15.7. The van der Waals surface area contributed by atoms with E-state index in [0.717, 1.165) is 0 Å². The number of likely N-dealkylation sites (tertiary alicyclic amines) is 1. The number of carbonyl (C=O) groups is 8. The van der Waals surface area contributed by atoms with Crippen LogP contribution in [-0.2, 0) is 44.8 Å². The predicted octanol–water partition coefficient (Wildman–Crippen LogP) is -6.57. The molecule has 1 saturated heterocycles. The van der Waals surface area contributed by atoms with Crippen molar-refractivity contribution < 1.29 is 49.2 Å². The van der Waals surface area contributed by atoms with E-state index in [1.165, 1.54) is 24.3 Å². The Bertz CT molecular complexity index is 1340. The summed E-state index contributed by atoms with van der Waals surface area (Å²) in [5.41, 5.74) is 20.0. The number of aliphatic hydroxyl groups excluding tert-OH is 1. The van der Waals surface area contributed by atoms with Crippen LogP contribution >= 0.6 is 12.6 Å². The molecule has 2 heterocycles.